The first kappa shape index (κ1) is 56.5. The molecule has 0 aromatic carbocycles. The molecule has 6 rings (SSSR count). The summed E-state index contributed by atoms with van der Waals surface area (Å²) < 4.78 is 13.4. The van der Waals surface area contributed by atoms with Crippen molar-refractivity contribution in [3.05, 3.63) is 96.0 Å². The number of fused-ring (bicyclic) bond motifs is 4. The number of ether oxygens (including phenoxy) is 2. The minimum atomic E-state index is -0.634. The lowest BCUT2D eigenvalue weighted by atomic mass is 10.0. The number of nitrogens with one attached hydrogen (secondary N) is 5. The van der Waals surface area contributed by atoms with Crippen molar-refractivity contribution in [1.82, 2.24) is 39.7 Å². The first-order valence-corrected chi connectivity index (χ1v) is 22.8. The highest BCUT2D eigenvalue weighted by Gasteiger charge is 2.33. The van der Waals surface area contributed by atoms with Gasteiger partial charge in [-0.05, 0) is 81.6 Å². The van der Waals surface area contributed by atoms with Crippen LogP contribution in [0, 0.1) is 24.3 Å². The number of anilines is 3. The zero-order valence-electron chi connectivity index (χ0n) is 41.5. The number of pyridine rings is 3. The standard InChI is InChI=1S/C17H26N4O2.C15H20N4O.C7H11NO2.C5H6N2.C5H11NO/c1-6-12(18-4)15-16(20-14(11(2)3)17(22)23-5)21-10-8-7-9-13(21)19-15;1-4-10-13-14(18-12(9(2)3)15(20)16-10)19-8-6-5-7-11(19)17-13;1-5(2)6(8-3)7(9)10-4;6-5-3-1-2-4-7-5;1-3-5(4-7)6-2/h7-12,14,18,20H,6H2,1-5H3;5-10,12,18H,4H2,1-3H3,(H,16,20);5-6H,1-2,4H3;1-4H,(H2,6,7);4-6H,3H2,1-2H3. The topological polar surface area (TPSA) is 225 Å². The third kappa shape index (κ3) is 16.4. The molecule has 5 aromatic rings. The normalized spacial score (nSPS) is 15.6. The van der Waals surface area contributed by atoms with Gasteiger partial charge in [0, 0.05) is 24.5 Å². The molecule has 0 aliphatic carbocycles. The molecule has 0 radical (unpaired) electrons. The second-order valence-corrected chi connectivity index (χ2v) is 16.6. The van der Waals surface area contributed by atoms with Crippen LogP contribution in [0.25, 0.3) is 16.1 Å². The number of rotatable bonds is 14. The summed E-state index contributed by atoms with van der Waals surface area (Å²) in [5.74, 6) is 2.03. The number of hydrogen-bond donors (Lipinski definition) is 6. The van der Waals surface area contributed by atoms with Crippen LogP contribution >= 0.6 is 0 Å². The summed E-state index contributed by atoms with van der Waals surface area (Å²) >= 11 is 0. The number of nitrogens with two attached hydrogens (primary N) is 1. The number of methoxy groups -OCH3 is 2. The first-order chi connectivity index (χ1) is 32.0. The Bertz CT molecular complexity index is 2300. The maximum absolute atomic E-state index is 12.3. The average molecular weight is 927 g/mol. The number of hydrogen-bond acceptors (Lipinski definition) is 14. The predicted octanol–water partition coefficient (Wildman–Crippen LogP) is 6.92. The minimum absolute atomic E-state index is 0.0324. The molecule has 6 atom stereocenters. The Kier molecular flexibility index (Phi) is 24.6. The zero-order valence-corrected chi connectivity index (χ0v) is 41.5. The van der Waals surface area contributed by atoms with Gasteiger partial charge >= 0.3 is 18.0 Å². The number of esters is 2. The molecule has 366 valence electrons. The van der Waals surface area contributed by atoms with E-state index in [9.17, 15) is 19.2 Å². The summed E-state index contributed by atoms with van der Waals surface area (Å²) in [5, 5.41) is 16.0. The highest BCUT2D eigenvalue weighted by atomic mass is 16.5. The molecule has 1 aliphatic heterocycles. The fourth-order valence-electron chi connectivity index (χ4n) is 6.75. The number of imidazole rings is 2. The van der Waals surface area contributed by atoms with Crippen molar-refractivity contribution < 1.29 is 28.7 Å². The van der Waals surface area contributed by atoms with Gasteiger partial charge in [-0.3, -0.25) is 13.6 Å². The smallest absolute Gasteiger partial charge is 0.390 e. The SMILES string of the molecule is CCC(C=O)NC.CCC(NC)c1nc2ccccn2c1NC(C(=O)OC)C(C)C.CCC1NC(=O)C(C(C)C)Nc2c1nc1ccccn21.Nc1ccccn1.[C-]#[N+]C(C(=O)OC)C(C)C. The number of aromatic nitrogens is 5. The van der Waals surface area contributed by atoms with E-state index in [2.05, 4.69) is 60.0 Å². The molecule has 0 saturated carbocycles. The Balaban J connectivity index is 0.000000315. The van der Waals surface area contributed by atoms with E-state index in [-0.39, 0.29) is 53.8 Å². The molecular weight excluding hydrogens is 853 g/mol. The van der Waals surface area contributed by atoms with Crippen LogP contribution in [0.15, 0.2) is 73.2 Å². The number of likely N-dealkylation sites (N-methyl/N-ethyl adjacent to an activating group) is 1. The van der Waals surface area contributed by atoms with E-state index in [4.69, 9.17) is 22.0 Å². The van der Waals surface area contributed by atoms with Gasteiger partial charge in [0.05, 0.1) is 32.3 Å². The largest absolute Gasteiger partial charge is 0.467 e. The number of amides is 1. The highest BCUT2D eigenvalue weighted by Crippen LogP contribution is 2.31. The molecular formula is C49H74N12O6. The Morgan fingerprint density at radius 1 is 0.851 bits per heavy atom. The lowest BCUT2D eigenvalue weighted by Crippen LogP contribution is -2.42. The maximum atomic E-state index is 12.3. The van der Waals surface area contributed by atoms with Crippen LogP contribution in [0.1, 0.15) is 105 Å². The molecule has 0 bridgehead atoms. The monoisotopic (exact) mass is 927 g/mol. The quantitative estimate of drug-likeness (QED) is 0.0378. The van der Waals surface area contributed by atoms with Gasteiger partial charge in [0.15, 0.2) is 0 Å². The Hall–Kier alpha value is -6.58. The Morgan fingerprint density at radius 3 is 1.87 bits per heavy atom. The number of carbonyl (C=O) groups is 4. The van der Waals surface area contributed by atoms with Gasteiger partial charge in [-0.25, -0.2) is 31.1 Å². The van der Waals surface area contributed by atoms with E-state index in [1.165, 1.54) is 14.2 Å². The zero-order chi connectivity index (χ0) is 50.2. The number of nitrogens with zero attached hydrogens (tertiary/aromatic N) is 6. The van der Waals surface area contributed by atoms with Crippen molar-refractivity contribution in [2.75, 3.05) is 44.7 Å². The van der Waals surface area contributed by atoms with Gasteiger partial charge in [-0.2, -0.15) is 0 Å². The van der Waals surface area contributed by atoms with Crippen LogP contribution < -0.4 is 32.3 Å². The van der Waals surface area contributed by atoms with E-state index >= 15 is 0 Å². The van der Waals surface area contributed by atoms with E-state index in [0.29, 0.717) is 5.82 Å². The highest BCUT2D eigenvalue weighted by molar-refractivity contribution is 5.87. The predicted molar refractivity (Wildman–Crippen MR) is 265 cm³/mol. The minimum Gasteiger partial charge on any atom is -0.467 e. The maximum Gasteiger partial charge on any atom is 0.390 e. The molecule has 18 nitrogen and oxygen atoms in total. The number of carbonyl (C=O) groups excluding carboxylic acids is 4. The van der Waals surface area contributed by atoms with Gasteiger partial charge in [0.2, 0.25) is 5.91 Å². The van der Waals surface area contributed by atoms with Gasteiger partial charge in [0.25, 0.3) is 0 Å². The number of nitrogen functional groups attached to an aromatic ring is 1. The second-order valence-electron chi connectivity index (χ2n) is 16.6. The first-order valence-electron chi connectivity index (χ1n) is 22.8. The van der Waals surface area contributed by atoms with E-state index in [1.807, 2.05) is 125 Å². The summed E-state index contributed by atoms with van der Waals surface area (Å²) in [6.45, 7) is 24.5. The summed E-state index contributed by atoms with van der Waals surface area (Å²) in [5.41, 5.74) is 8.84. The van der Waals surface area contributed by atoms with Crippen molar-refractivity contribution in [3.8, 4) is 0 Å². The van der Waals surface area contributed by atoms with Crippen molar-refractivity contribution in [1.29, 1.82) is 0 Å². The average Bonchev–Trinajstić information content (AvgIpc) is 3.84. The van der Waals surface area contributed by atoms with Crippen molar-refractivity contribution in [2.24, 2.45) is 17.8 Å². The molecule has 1 amide bonds. The van der Waals surface area contributed by atoms with Crippen LogP contribution in [0.4, 0.5) is 17.5 Å². The van der Waals surface area contributed by atoms with Gasteiger partial charge in [-0.15, -0.1) is 0 Å². The van der Waals surface area contributed by atoms with E-state index in [1.54, 1.807) is 19.3 Å². The molecule has 0 spiro atoms. The Labute approximate surface area is 396 Å². The van der Waals surface area contributed by atoms with Crippen molar-refractivity contribution in [3.63, 3.8) is 0 Å². The molecule has 0 saturated heterocycles. The van der Waals surface area contributed by atoms with Gasteiger partial charge in [-0.1, -0.05) is 80.5 Å². The molecule has 5 aromatic heterocycles. The Morgan fingerprint density at radius 2 is 1.46 bits per heavy atom. The fraction of sp³-hybridized carbons (Fsp3) is 0.510. The van der Waals surface area contributed by atoms with E-state index < -0.39 is 18.1 Å². The van der Waals surface area contributed by atoms with Crippen LogP contribution in [0.2, 0.25) is 0 Å². The van der Waals surface area contributed by atoms with Crippen LogP contribution in [0.3, 0.4) is 0 Å². The van der Waals surface area contributed by atoms with Crippen molar-refractivity contribution in [2.45, 2.75) is 118 Å². The molecule has 18 heteroatoms. The summed E-state index contributed by atoms with van der Waals surface area (Å²) in [6, 6.07) is 16.1. The summed E-state index contributed by atoms with van der Waals surface area (Å²) in [4.78, 5) is 61.4. The van der Waals surface area contributed by atoms with Gasteiger partial charge < -0.3 is 51.4 Å². The van der Waals surface area contributed by atoms with Crippen LogP contribution in [0.5, 0.6) is 0 Å². The summed E-state index contributed by atoms with van der Waals surface area (Å²) in [6.07, 6.45) is 9.11. The van der Waals surface area contributed by atoms with Gasteiger partial charge in [0.1, 0.15) is 58.5 Å². The molecule has 67 heavy (non-hydrogen) atoms. The van der Waals surface area contributed by atoms with Crippen LogP contribution in [-0.4, -0.2) is 100 Å². The molecule has 0 fully saturated rings. The van der Waals surface area contributed by atoms with Crippen molar-refractivity contribution >= 4 is 52.9 Å². The third-order valence-electron chi connectivity index (χ3n) is 10.8. The number of aldehydes is 1. The molecule has 6 heterocycles. The van der Waals surface area contributed by atoms with Crippen LogP contribution in [-0.2, 0) is 28.7 Å². The lowest BCUT2D eigenvalue weighted by Gasteiger charge is -2.23. The fourth-order valence-corrected chi connectivity index (χ4v) is 6.75. The molecule has 1 aliphatic rings. The lowest BCUT2D eigenvalue weighted by molar-refractivity contribution is -0.143. The summed E-state index contributed by atoms with van der Waals surface area (Å²) in [7, 11) is 6.41. The second kappa shape index (κ2) is 29.1. The molecule has 6 unspecified atom stereocenters. The molecule has 7 N–H and O–H groups in total. The van der Waals surface area contributed by atoms with E-state index in [0.717, 1.165) is 59.9 Å². The third-order valence-corrected chi connectivity index (χ3v) is 10.8.